The maximum absolute atomic E-state index is 13.3. The molecule has 1 aromatic heterocycles. The molecule has 2 aromatic carbocycles. The minimum atomic E-state index is -0.369. The van der Waals surface area contributed by atoms with E-state index >= 15 is 0 Å². The lowest BCUT2D eigenvalue weighted by molar-refractivity contribution is -0.134. The zero-order valence-corrected chi connectivity index (χ0v) is 18.6. The van der Waals surface area contributed by atoms with Crippen molar-refractivity contribution in [3.63, 3.8) is 0 Å². The van der Waals surface area contributed by atoms with Gasteiger partial charge in [-0.25, -0.2) is 0 Å². The van der Waals surface area contributed by atoms with E-state index in [1.54, 1.807) is 0 Å². The number of anilines is 1. The van der Waals surface area contributed by atoms with Crippen LogP contribution in [0, 0.1) is 5.92 Å². The van der Waals surface area contributed by atoms with Crippen LogP contribution in [0.2, 0.25) is 5.02 Å². The van der Waals surface area contributed by atoms with Crippen LogP contribution in [0.5, 0.6) is 0 Å². The zero-order valence-electron chi connectivity index (χ0n) is 17.9. The molecule has 31 heavy (non-hydrogen) atoms. The van der Waals surface area contributed by atoms with E-state index < -0.39 is 0 Å². The average Bonchev–Trinajstić information content (AvgIpc) is 3.27. The van der Waals surface area contributed by atoms with Crippen molar-refractivity contribution < 1.29 is 4.79 Å². The Labute approximate surface area is 188 Å². The predicted octanol–water partition coefficient (Wildman–Crippen LogP) is 4.97. The molecule has 3 aromatic rings. The summed E-state index contributed by atoms with van der Waals surface area (Å²) in [5.74, 6) is 1.81. The van der Waals surface area contributed by atoms with Crippen molar-refractivity contribution in [2.45, 2.75) is 38.6 Å². The van der Waals surface area contributed by atoms with E-state index in [1.165, 1.54) is 5.56 Å². The number of amides is 1. The third-order valence-corrected chi connectivity index (χ3v) is 6.15. The Morgan fingerprint density at radius 2 is 1.77 bits per heavy atom. The molecule has 2 heterocycles. The number of hydrogen-bond acceptors (Lipinski definition) is 4. The van der Waals surface area contributed by atoms with Gasteiger partial charge in [-0.3, -0.25) is 9.89 Å². The van der Waals surface area contributed by atoms with E-state index in [2.05, 4.69) is 32.6 Å². The summed E-state index contributed by atoms with van der Waals surface area (Å²) in [6.45, 7) is 5.59. The van der Waals surface area contributed by atoms with Crippen LogP contribution in [-0.2, 0) is 4.79 Å². The summed E-state index contributed by atoms with van der Waals surface area (Å²) < 4.78 is 0. The average molecular weight is 438 g/mol. The van der Waals surface area contributed by atoms with E-state index in [9.17, 15) is 4.79 Å². The second kappa shape index (κ2) is 9.52. The van der Waals surface area contributed by atoms with Gasteiger partial charge in [0.2, 0.25) is 11.9 Å². The molecule has 1 unspecified atom stereocenters. The number of aromatic amines is 1. The zero-order chi connectivity index (χ0) is 21.8. The highest BCUT2D eigenvalue weighted by molar-refractivity contribution is 6.30. The van der Waals surface area contributed by atoms with Crippen LogP contribution in [-0.4, -0.2) is 45.1 Å². The van der Waals surface area contributed by atoms with Crippen LogP contribution >= 0.6 is 11.6 Å². The summed E-state index contributed by atoms with van der Waals surface area (Å²) in [6.07, 6.45) is 1.91. The number of aromatic nitrogens is 3. The van der Waals surface area contributed by atoms with Gasteiger partial charge in [-0.05, 0) is 42.4 Å². The normalized spacial score (nSPS) is 15.8. The number of benzene rings is 2. The monoisotopic (exact) mass is 437 g/mol. The van der Waals surface area contributed by atoms with E-state index in [4.69, 9.17) is 11.6 Å². The van der Waals surface area contributed by atoms with Gasteiger partial charge in [-0.2, -0.15) is 4.98 Å². The summed E-state index contributed by atoms with van der Waals surface area (Å²) >= 11 is 6.01. The minimum absolute atomic E-state index is 0.107. The number of piperidine rings is 1. The molecule has 1 atom stereocenters. The molecular formula is C24H28ClN5O. The first-order chi connectivity index (χ1) is 15.0. The van der Waals surface area contributed by atoms with Gasteiger partial charge < -0.3 is 10.2 Å². The number of carbonyl (C=O) groups is 1. The van der Waals surface area contributed by atoms with Crippen LogP contribution in [0.1, 0.15) is 38.2 Å². The highest BCUT2D eigenvalue weighted by atomic mass is 35.5. The van der Waals surface area contributed by atoms with Gasteiger partial charge in [0.15, 0.2) is 5.82 Å². The molecule has 0 saturated carbocycles. The Morgan fingerprint density at radius 1 is 1.10 bits per heavy atom. The van der Waals surface area contributed by atoms with Crippen LogP contribution in [0.3, 0.4) is 0 Å². The Balaban J connectivity index is 1.39. The molecule has 1 aliphatic rings. The molecule has 4 rings (SSSR count). The topological polar surface area (TPSA) is 73.9 Å². The molecule has 1 aliphatic heterocycles. The van der Waals surface area contributed by atoms with E-state index in [0.717, 1.165) is 36.5 Å². The van der Waals surface area contributed by atoms with E-state index in [0.29, 0.717) is 17.7 Å². The molecule has 0 spiro atoms. The fourth-order valence-electron chi connectivity index (χ4n) is 4.07. The third kappa shape index (κ3) is 5.07. The van der Waals surface area contributed by atoms with Gasteiger partial charge >= 0.3 is 0 Å². The highest BCUT2D eigenvalue weighted by Crippen LogP contribution is 2.29. The van der Waals surface area contributed by atoms with Gasteiger partial charge in [0.1, 0.15) is 6.04 Å². The lowest BCUT2D eigenvalue weighted by atomic mass is 9.89. The Hall–Kier alpha value is -2.86. The van der Waals surface area contributed by atoms with Crippen molar-refractivity contribution in [3.8, 4) is 11.4 Å². The smallest absolute Gasteiger partial charge is 0.245 e. The molecule has 0 aliphatic carbocycles. The molecule has 1 fully saturated rings. The fourth-order valence-corrected chi connectivity index (χ4v) is 4.19. The molecule has 0 bridgehead atoms. The number of likely N-dealkylation sites (tertiary alicyclic amines) is 1. The van der Waals surface area contributed by atoms with Crippen LogP contribution in [0.4, 0.5) is 5.95 Å². The number of hydrogen-bond donors (Lipinski definition) is 2. The third-order valence-electron chi connectivity index (χ3n) is 5.90. The van der Waals surface area contributed by atoms with Crippen LogP contribution < -0.4 is 5.32 Å². The van der Waals surface area contributed by atoms with Gasteiger partial charge in [-0.1, -0.05) is 67.9 Å². The summed E-state index contributed by atoms with van der Waals surface area (Å²) in [4.78, 5) is 19.8. The van der Waals surface area contributed by atoms with Crippen molar-refractivity contribution in [3.05, 3.63) is 65.2 Å². The van der Waals surface area contributed by atoms with Gasteiger partial charge in [0.05, 0.1) is 0 Å². The summed E-state index contributed by atoms with van der Waals surface area (Å²) in [6, 6.07) is 17.5. The molecule has 7 heteroatoms. The first-order valence-electron chi connectivity index (χ1n) is 10.8. The maximum Gasteiger partial charge on any atom is 0.245 e. The molecule has 162 valence electrons. The SMILES string of the molecule is CC(C)C(Nc1n[nH]c(-c2ccccc2)n1)C(=O)N1CCC(c2ccc(Cl)cc2)CC1. The number of halogens is 1. The first-order valence-corrected chi connectivity index (χ1v) is 11.2. The molecular weight excluding hydrogens is 410 g/mol. The fraction of sp³-hybridized carbons (Fsp3) is 0.375. The van der Waals surface area contributed by atoms with Crippen molar-refractivity contribution in [1.29, 1.82) is 0 Å². The lowest BCUT2D eigenvalue weighted by Gasteiger charge is -2.35. The largest absolute Gasteiger partial charge is 0.341 e. The molecule has 0 radical (unpaired) electrons. The Bertz CT molecular complexity index is 994. The summed E-state index contributed by atoms with van der Waals surface area (Å²) in [5, 5.41) is 11.2. The van der Waals surface area contributed by atoms with Gasteiger partial charge in [-0.15, -0.1) is 5.10 Å². The molecule has 2 N–H and O–H groups in total. The second-order valence-electron chi connectivity index (χ2n) is 8.39. The maximum atomic E-state index is 13.3. The van der Waals surface area contributed by atoms with Crippen molar-refractivity contribution in [2.24, 2.45) is 5.92 Å². The number of nitrogens with zero attached hydrogens (tertiary/aromatic N) is 3. The first kappa shape index (κ1) is 21.4. The van der Waals surface area contributed by atoms with Gasteiger partial charge in [0.25, 0.3) is 0 Å². The summed E-state index contributed by atoms with van der Waals surface area (Å²) in [5.41, 5.74) is 2.25. The van der Waals surface area contributed by atoms with E-state index in [-0.39, 0.29) is 17.9 Å². The van der Waals surface area contributed by atoms with Crippen molar-refractivity contribution in [2.75, 3.05) is 18.4 Å². The number of H-pyrrole nitrogens is 1. The lowest BCUT2D eigenvalue weighted by Crippen LogP contribution is -2.48. The van der Waals surface area contributed by atoms with E-state index in [1.807, 2.05) is 61.2 Å². The standard InChI is InChI=1S/C24H28ClN5O/c1-16(2)21(26-24-27-22(28-29-24)19-6-4-3-5-7-19)23(31)30-14-12-18(13-15-30)17-8-10-20(25)11-9-17/h3-11,16,18,21H,12-15H2,1-2H3,(H2,26,27,28,29). The Morgan fingerprint density at radius 3 is 2.42 bits per heavy atom. The molecule has 1 amide bonds. The Kier molecular flexibility index (Phi) is 6.56. The second-order valence-corrected chi connectivity index (χ2v) is 8.83. The minimum Gasteiger partial charge on any atom is -0.341 e. The van der Waals surface area contributed by atoms with Crippen LogP contribution in [0.15, 0.2) is 54.6 Å². The van der Waals surface area contributed by atoms with Gasteiger partial charge in [0, 0.05) is 23.7 Å². The molecule has 1 saturated heterocycles. The highest BCUT2D eigenvalue weighted by Gasteiger charge is 2.31. The van der Waals surface area contributed by atoms with Crippen molar-refractivity contribution >= 4 is 23.5 Å². The quantitative estimate of drug-likeness (QED) is 0.571. The van der Waals surface area contributed by atoms with Crippen molar-refractivity contribution in [1.82, 2.24) is 20.1 Å². The number of nitrogens with one attached hydrogen (secondary N) is 2. The molecule has 6 nitrogen and oxygen atoms in total. The number of carbonyl (C=O) groups excluding carboxylic acids is 1. The predicted molar refractivity (Wildman–Crippen MR) is 124 cm³/mol. The van der Waals surface area contributed by atoms with Crippen LogP contribution in [0.25, 0.3) is 11.4 Å². The number of rotatable bonds is 6. The summed E-state index contributed by atoms with van der Waals surface area (Å²) in [7, 11) is 0.